The molecule has 18 heavy (non-hydrogen) atoms. The molecule has 0 saturated heterocycles. The molecule has 9 heteroatoms. The van der Waals surface area contributed by atoms with Crippen molar-refractivity contribution in [2.24, 2.45) is 0 Å². The van der Waals surface area contributed by atoms with Gasteiger partial charge in [0, 0.05) is 6.04 Å². The first-order valence-electron chi connectivity index (χ1n) is 5.53. The van der Waals surface area contributed by atoms with Crippen molar-refractivity contribution in [3.05, 3.63) is 5.82 Å². The number of carboxylic acid groups (broad SMARTS) is 1. The van der Waals surface area contributed by atoms with Crippen molar-refractivity contribution in [1.82, 2.24) is 30.8 Å². The average molecular weight is 256 g/mol. The van der Waals surface area contributed by atoms with Crippen LogP contribution in [-0.2, 0) is 11.3 Å². The van der Waals surface area contributed by atoms with Crippen LogP contribution in [0.1, 0.15) is 26.1 Å². The zero-order chi connectivity index (χ0) is 13.5. The first-order valence-corrected chi connectivity index (χ1v) is 5.53. The minimum Gasteiger partial charge on any atom is -0.480 e. The van der Waals surface area contributed by atoms with Gasteiger partial charge in [-0.15, -0.1) is 10.2 Å². The van der Waals surface area contributed by atoms with E-state index in [0.717, 1.165) is 0 Å². The van der Waals surface area contributed by atoms with E-state index >= 15 is 0 Å². The number of rotatable bonds is 6. The van der Waals surface area contributed by atoms with Gasteiger partial charge in [-0.25, -0.2) is 4.79 Å². The van der Waals surface area contributed by atoms with E-state index in [1.807, 2.05) is 6.92 Å². The predicted octanol–water partition coefficient (Wildman–Crippen LogP) is -0.406. The Labute approximate surface area is 104 Å². The van der Waals surface area contributed by atoms with Gasteiger partial charge in [0.25, 0.3) is 0 Å². The van der Waals surface area contributed by atoms with Crippen molar-refractivity contribution in [1.29, 1.82) is 0 Å². The van der Waals surface area contributed by atoms with Crippen LogP contribution < -0.4 is 5.32 Å². The fourth-order valence-corrected chi connectivity index (χ4v) is 1.31. The van der Waals surface area contributed by atoms with E-state index in [-0.39, 0.29) is 19.1 Å². The molecule has 2 amide bonds. The Kier molecular flexibility index (Phi) is 5.03. The molecular weight excluding hydrogens is 240 g/mol. The smallest absolute Gasteiger partial charge is 0.323 e. The van der Waals surface area contributed by atoms with Gasteiger partial charge in [0.15, 0.2) is 5.82 Å². The number of nitrogens with one attached hydrogen (secondary N) is 2. The SMILES string of the molecule is CCC(C)N(CC(=O)O)C(=O)NCc1nn[nH]n1. The summed E-state index contributed by atoms with van der Waals surface area (Å²) in [6, 6.07) is -0.622. The van der Waals surface area contributed by atoms with Crippen LogP contribution in [0.2, 0.25) is 0 Å². The standard InChI is InChI=1S/C9H16N6O3/c1-3-6(2)15(5-8(16)17)9(18)10-4-7-11-13-14-12-7/h6H,3-5H2,1-2H3,(H,10,18)(H,16,17)(H,11,12,13,14). The zero-order valence-corrected chi connectivity index (χ0v) is 10.3. The van der Waals surface area contributed by atoms with Gasteiger partial charge in [-0.1, -0.05) is 12.1 Å². The van der Waals surface area contributed by atoms with Gasteiger partial charge in [-0.05, 0) is 13.3 Å². The highest BCUT2D eigenvalue weighted by Crippen LogP contribution is 2.03. The maximum atomic E-state index is 11.8. The molecule has 0 aliphatic carbocycles. The number of aromatic amines is 1. The first kappa shape index (κ1) is 13.9. The second kappa shape index (κ2) is 6.52. The van der Waals surface area contributed by atoms with Crippen LogP contribution >= 0.6 is 0 Å². The van der Waals surface area contributed by atoms with Gasteiger partial charge in [-0.2, -0.15) is 5.21 Å². The molecule has 9 nitrogen and oxygen atoms in total. The number of H-pyrrole nitrogens is 1. The van der Waals surface area contributed by atoms with Gasteiger partial charge in [-0.3, -0.25) is 4.79 Å². The number of carboxylic acids is 1. The lowest BCUT2D eigenvalue weighted by Gasteiger charge is -2.26. The molecule has 0 aliphatic rings. The molecule has 1 aromatic rings. The van der Waals surface area contributed by atoms with Gasteiger partial charge in [0.05, 0.1) is 6.54 Å². The summed E-state index contributed by atoms with van der Waals surface area (Å²) in [5.74, 6) is -0.715. The van der Waals surface area contributed by atoms with Crippen LogP contribution in [0.25, 0.3) is 0 Å². The third-order valence-electron chi connectivity index (χ3n) is 2.48. The molecule has 0 aromatic carbocycles. The second-order valence-electron chi connectivity index (χ2n) is 3.77. The van der Waals surface area contributed by atoms with Crippen LogP contribution in [0.5, 0.6) is 0 Å². The molecule has 0 saturated carbocycles. The van der Waals surface area contributed by atoms with Crippen molar-refractivity contribution < 1.29 is 14.7 Å². The summed E-state index contributed by atoms with van der Waals surface area (Å²) in [5.41, 5.74) is 0. The van der Waals surface area contributed by atoms with E-state index in [2.05, 4.69) is 25.9 Å². The summed E-state index contributed by atoms with van der Waals surface area (Å²) < 4.78 is 0. The van der Waals surface area contributed by atoms with Crippen LogP contribution in [0.4, 0.5) is 4.79 Å². The van der Waals surface area contributed by atoms with Crippen molar-refractivity contribution in [2.45, 2.75) is 32.9 Å². The number of amides is 2. The molecule has 1 unspecified atom stereocenters. The molecule has 0 spiro atoms. The summed E-state index contributed by atoms with van der Waals surface area (Å²) in [5, 5.41) is 24.3. The maximum absolute atomic E-state index is 11.8. The molecule has 1 atom stereocenters. The number of carbonyl (C=O) groups is 2. The summed E-state index contributed by atoms with van der Waals surface area (Å²) in [6.07, 6.45) is 0.670. The highest BCUT2D eigenvalue weighted by Gasteiger charge is 2.21. The Morgan fingerprint density at radius 1 is 1.56 bits per heavy atom. The molecule has 1 aromatic heterocycles. The monoisotopic (exact) mass is 256 g/mol. The molecule has 3 N–H and O–H groups in total. The van der Waals surface area contributed by atoms with Gasteiger partial charge < -0.3 is 15.3 Å². The van der Waals surface area contributed by atoms with Crippen LogP contribution in [-0.4, -0.2) is 55.2 Å². The zero-order valence-electron chi connectivity index (χ0n) is 10.3. The Balaban J connectivity index is 2.55. The number of urea groups is 1. The lowest BCUT2D eigenvalue weighted by molar-refractivity contribution is -0.138. The number of hydrogen-bond acceptors (Lipinski definition) is 5. The summed E-state index contributed by atoms with van der Waals surface area (Å²) in [4.78, 5) is 23.8. The van der Waals surface area contributed by atoms with E-state index in [1.54, 1.807) is 6.92 Å². The third kappa shape index (κ3) is 4.00. The van der Waals surface area contributed by atoms with Crippen LogP contribution in [0.15, 0.2) is 0 Å². The van der Waals surface area contributed by atoms with Gasteiger partial charge in [0.1, 0.15) is 6.54 Å². The van der Waals surface area contributed by atoms with Crippen molar-refractivity contribution in [3.63, 3.8) is 0 Å². The molecule has 0 bridgehead atoms. The first-order chi connectivity index (χ1) is 8.54. The average Bonchev–Trinajstić information content (AvgIpc) is 2.85. The van der Waals surface area contributed by atoms with Crippen molar-refractivity contribution >= 4 is 12.0 Å². The third-order valence-corrected chi connectivity index (χ3v) is 2.48. The lowest BCUT2D eigenvalue weighted by atomic mass is 10.2. The molecule has 0 radical (unpaired) electrons. The highest BCUT2D eigenvalue weighted by atomic mass is 16.4. The normalized spacial score (nSPS) is 11.9. The molecule has 0 fully saturated rings. The van der Waals surface area contributed by atoms with E-state index in [1.165, 1.54) is 4.90 Å². The molecule has 100 valence electrons. The Hall–Kier alpha value is -2.19. The molecule has 1 heterocycles. The quantitative estimate of drug-likeness (QED) is 0.635. The maximum Gasteiger partial charge on any atom is 0.323 e. The predicted molar refractivity (Wildman–Crippen MR) is 60.5 cm³/mol. The number of aliphatic carboxylic acids is 1. The Bertz CT molecular complexity index is 393. The van der Waals surface area contributed by atoms with E-state index in [4.69, 9.17) is 5.11 Å². The van der Waals surface area contributed by atoms with E-state index in [9.17, 15) is 9.59 Å². The topological polar surface area (TPSA) is 124 Å². The highest BCUT2D eigenvalue weighted by molar-refractivity contribution is 5.80. The molecular formula is C9H16N6O3. The Morgan fingerprint density at radius 3 is 2.78 bits per heavy atom. The summed E-state index contributed by atoms with van der Waals surface area (Å²) in [7, 11) is 0. The van der Waals surface area contributed by atoms with E-state index < -0.39 is 12.0 Å². The summed E-state index contributed by atoms with van der Waals surface area (Å²) in [6.45, 7) is 3.43. The second-order valence-corrected chi connectivity index (χ2v) is 3.77. The van der Waals surface area contributed by atoms with Crippen LogP contribution in [0.3, 0.4) is 0 Å². The fourth-order valence-electron chi connectivity index (χ4n) is 1.31. The lowest BCUT2D eigenvalue weighted by Crippen LogP contribution is -2.47. The molecule has 1 rings (SSSR count). The minimum atomic E-state index is -1.05. The van der Waals surface area contributed by atoms with Gasteiger partial charge >= 0.3 is 12.0 Å². The van der Waals surface area contributed by atoms with Crippen molar-refractivity contribution in [3.8, 4) is 0 Å². The summed E-state index contributed by atoms with van der Waals surface area (Å²) >= 11 is 0. The van der Waals surface area contributed by atoms with E-state index in [0.29, 0.717) is 12.2 Å². The van der Waals surface area contributed by atoms with Gasteiger partial charge in [0.2, 0.25) is 0 Å². The van der Waals surface area contributed by atoms with Crippen LogP contribution in [0, 0.1) is 0 Å². The number of carbonyl (C=O) groups excluding carboxylic acids is 1. The number of nitrogens with zero attached hydrogens (tertiary/aromatic N) is 4. The fraction of sp³-hybridized carbons (Fsp3) is 0.667. The number of hydrogen-bond donors (Lipinski definition) is 3. The molecule has 0 aliphatic heterocycles. The number of tetrazole rings is 1. The van der Waals surface area contributed by atoms with Crippen molar-refractivity contribution in [2.75, 3.05) is 6.54 Å². The minimum absolute atomic E-state index is 0.0991. The number of aromatic nitrogens is 4. The largest absolute Gasteiger partial charge is 0.480 e. The Morgan fingerprint density at radius 2 is 2.28 bits per heavy atom.